The van der Waals surface area contributed by atoms with Crippen LogP contribution in [0.2, 0.25) is 0 Å². The third-order valence-electron chi connectivity index (χ3n) is 7.27. The molecule has 166 valence electrons. The van der Waals surface area contributed by atoms with Gasteiger partial charge < -0.3 is 20.2 Å². The van der Waals surface area contributed by atoms with Crippen LogP contribution in [0.1, 0.15) is 84.0 Å². The lowest BCUT2D eigenvalue weighted by Gasteiger charge is -2.38. The third kappa shape index (κ3) is 7.25. The van der Waals surface area contributed by atoms with E-state index in [0.717, 1.165) is 57.7 Å². The van der Waals surface area contributed by atoms with E-state index >= 15 is 0 Å². The van der Waals surface area contributed by atoms with Crippen LogP contribution in [0.15, 0.2) is 0 Å². The second-order valence-corrected chi connectivity index (χ2v) is 9.75. The molecule has 0 spiro atoms. The summed E-state index contributed by atoms with van der Waals surface area (Å²) < 4.78 is 0. The van der Waals surface area contributed by atoms with E-state index in [0.29, 0.717) is 25.9 Å². The van der Waals surface area contributed by atoms with Crippen molar-refractivity contribution in [3.8, 4) is 0 Å². The number of aliphatic hydroxyl groups is 1. The van der Waals surface area contributed by atoms with Crippen molar-refractivity contribution in [1.29, 1.82) is 0 Å². The monoisotopic (exact) mass is 407 g/mol. The van der Waals surface area contributed by atoms with Gasteiger partial charge in [-0.05, 0) is 44.4 Å². The number of rotatable bonds is 6. The van der Waals surface area contributed by atoms with Crippen molar-refractivity contribution in [3.05, 3.63) is 0 Å². The minimum Gasteiger partial charge on any atom is -0.388 e. The highest BCUT2D eigenvalue weighted by molar-refractivity contribution is 5.76. The standard InChI is InChI=1S/C23H41N3O3/c1-19(27)24-21-10-15-25(16-11-21)18-23(29)12-5-14-26(17-13-23)22(28)9-8-20-6-3-2-4-7-20/h20-21,29H,2-18H2,1H3,(H,24,27). The first kappa shape index (κ1) is 22.5. The Bertz CT molecular complexity index is 541. The summed E-state index contributed by atoms with van der Waals surface area (Å²) in [7, 11) is 0. The predicted molar refractivity (Wildman–Crippen MR) is 114 cm³/mol. The molecule has 1 atom stereocenters. The SMILES string of the molecule is CC(=O)NC1CCN(CC2(O)CCCN(C(=O)CCC3CCCCC3)CC2)CC1. The molecule has 3 rings (SSSR count). The molecule has 1 aliphatic carbocycles. The Morgan fingerprint density at radius 1 is 0.966 bits per heavy atom. The van der Waals surface area contributed by atoms with Crippen molar-refractivity contribution in [2.45, 2.75) is 95.6 Å². The Labute approximate surface area is 176 Å². The van der Waals surface area contributed by atoms with E-state index in [4.69, 9.17) is 0 Å². The maximum absolute atomic E-state index is 12.7. The van der Waals surface area contributed by atoms with E-state index in [9.17, 15) is 14.7 Å². The molecule has 0 radical (unpaired) electrons. The fourth-order valence-electron chi connectivity index (χ4n) is 5.49. The average molecular weight is 408 g/mol. The molecule has 1 unspecified atom stereocenters. The van der Waals surface area contributed by atoms with Gasteiger partial charge in [0, 0.05) is 52.1 Å². The second kappa shape index (κ2) is 10.8. The van der Waals surface area contributed by atoms with Gasteiger partial charge in [-0.25, -0.2) is 0 Å². The Kier molecular flexibility index (Phi) is 8.36. The molecule has 0 aromatic carbocycles. The molecule has 2 N–H and O–H groups in total. The summed E-state index contributed by atoms with van der Waals surface area (Å²) in [5.74, 6) is 1.08. The molecule has 3 fully saturated rings. The number of likely N-dealkylation sites (tertiary alicyclic amines) is 2. The molecule has 2 amide bonds. The van der Waals surface area contributed by atoms with Crippen molar-refractivity contribution >= 4 is 11.8 Å². The van der Waals surface area contributed by atoms with Crippen molar-refractivity contribution in [2.75, 3.05) is 32.7 Å². The third-order valence-corrected chi connectivity index (χ3v) is 7.27. The fourth-order valence-corrected chi connectivity index (χ4v) is 5.49. The number of β-amino-alcohol motifs (C(OH)–C–C–N with tert-alkyl or cyclic N) is 1. The highest BCUT2D eigenvalue weighted by Crippen LogP contribution is 2.29. The van der Waals surface area contributed by atoms with Crippen LogP contribution in [0, 0.1) is 5.92 Å². The van der Waals surface area contributed by atoms with Gasteiger partial charge in [-0.15, -0.1) is 0 Å². The highest BCUT2D eigenvalue weighted by atomic mass is 16.3. The Hall–Kier alpha value is -1.14. The lowest BCUT2D eigenvalue weighted by atomic mass is 9.86. The van der Waals surface area contributed by atoms with Crippen LogP contribution in [0.25, 0.3) is 0 Å². The van der Waals surface area contributed by atoms with Crippen LogP contribution < -0.4 is 5.32 Å². The van der Waals surface area contributed by atoms with Crippen molar-refractivity contribution in [1.82, 2.24) is 15.1 Å². The van der Waals surface area contributed by atoms with Gasteiger partial charge in [0.2, 0.25) is 11.8 Å². The summed E-state index contributed by atoms with van der Waals surface area (Å²) in [4.78, 5) is 28.3. The molecule has 6 nitrogen and oxygen atoms in total. The molecule has 0 bridgehead atoms. The predicted octanol–water partition coefficient (Wildman–Crippen LogP) is 2.69. The van der Waals surface area contributed by atoms with E-state index in [2.05, 4.69) is 10.2 Å². The first-order valence-electron chi connectivity index (χ1n) is 11.9. The zero-order valence-corrected chi connectivity index (χ0v) is 18.3. The number of hydrogen-bond donors (Lipinski definition) is 2. The summed E-state index contributed by atoms with van der Waals surface area (Å²) in [6, 6.07) is 0.268. The van der Waals surface area contributed by atoms with Gasteiger partial charge in [-0.1, -0.05) is 32.1 Å². The van der Waals surface area contributed by atoms with Gasteiger partial charge in [0.15, 0.2) is 0 Å². The summed E-state index contributed by atoms with van der Waals surface area (Å²) in [5, 5.41) is 14.2. The summed E-state index contributed by atoms with van der Waals surface area (Å²) in [6.07, 6.45) is 12.6. The molecule has 2 aliphatic heterocycles. The Balaban J connectivity index is 1.40. The topological polar surface area (TPSA) is 72.9 Å². The van der Waals surface area contributed by atoms with E-state index in [1.807, 2.05) is 4.90 Å². The maximum atomic E-state index is 12.7. The Morgan fingerprint density at radius 2 is 1.69 bits per heavy atom. The van der Waals surface area contributed by atoms with Gasteiger partial charge in [0.1, 0.15) is 0 Å². The number of carbonyl (C=O) groups excluding carboxylic acids is 2. The minimum absolute atomic E-state index is 0.0408. The first-order chi connectivity index (χ1) is 13.9. The molecule has 3 aliphatic rings. The number of piperidine rings is 1. The highest BCUT2D eigenvalue weighted by Gasteiger charge is 2.34. The molecule has 0 aromatic heterocycles. The number of hydrogen-bond acceptors (Lipinski definition) is 4. The van der Waals surface area contributed by atoms with Gasteiger partial charge in [-0.3, -0.25) is 9.59 Å². The lowest BCUT2D eigenvalue weighted by Crippen LogP contribution is -2.50. The second-order valence-electron chi connectivity index (χ2n) is 9.75. The average Bonchev–Trinajstić information content (AvgIpc) is 2.90. The Morgan fingerprint density at radius 3 is 2.38 bits per heavy atom. The van der Waals surface area contributed by atoms with Crippen LogP contribution in [-0.2, 0) is 9.59 Å². The van der Waals surface area contributed by atoms with Crippen LogP contribution in [0.3, 0.4) is 0 Å². The number of nitrogens with zero attached hydrogens (tertiary/aromatic N) is 2. The molecule has 2 saturated heterocycles. The van der Waals surface area contributed by atoms with E-state index in [1.165, 1.54) is 32.1 Å². The van der Waals surface area contributed by atoms with Crippen LogP contribution in [0.4, 0.5) is 0 Å². The molecule has 6 heteroatoms. The molecule has 2 heterocycles. The molecule has 1 saturated carbocycles. The maximum Gasteiger partial charge on any atom is 0.222 e. The van der Waals surface area contributed by atoms with E-state index < -0.39 is 5.60 Å². The zero-order valence-electron chi connectivity index (χ0n) is 18.3. The number of nitrogens with one attached hydrogen (secondary N) is 1. The van der Waals surface area contributed by atoms with Crippen molar-refractivity contribution < 1.29 is 14.7 Å². The number of carbonyl (C=O) groups is 2. The van der Waals surface area contributed by atoms with E-state index in [-0.39, 0.29) is 17.9 Å². The summed E-state index contributed by atoms with van der Waals surface area (Å²) in [5.41, 5.74) is -0.695. The number of amides is 2. The normalized spacial score (nSPS) is 28.1. The lowest BCUT2D eigenvalue weighted by molar-refractivity contribution is -0.131. The van der Waals surface area contributed by atoms with Gasteiger partial charge >= 0.3 is 0 Å². The van der Waals surface area contributed by atoms with Crippen LogP contribution in [0.5, 0.6) is 0 Å². The molecule has 0 aromatic rings. The zero-order chi connectivity index (χ0) is 20.7. The first-order valence-corrected chi connectivity index (χ1v) is 11.9. The fraction of sp³-hybridized carbons (Fsp3) is 0.913. The van der Waals surface area contributed by atoms with Crippen molar-refractivity contribution in [3.63, 3.8) is 0 Å². The quantitative estimate of drug-likeness (QED) is 0.710. The molecule has 29 heavy (non-hydrogen) atoms. The largest absolute Gasteiger partial charge is 0.388 e. The van der Waals surface area contributed by atoms with Crippen LogP contribution >= 0.6 is 0 Å². The van der Waals surface area contributed by atoms with Gasteiger partial charge in [0.05, 0.1) is 5.60 Å². The van der Waals surface area contributed by atoms with Gasteiger partial charge in [-0.2, -0.15) is 0 Å². The van der Waals surface area contributed by atoms with Gasteiger partial charge in [0.25, 0.3) is 0 Å². The smallest absolute Gasteiger partial charge is 0.222 e. The summed E-state index contributed by atoms with van der Waals surface area (Å²) in [6.45, 7) is 5.56. The minimum atomic E-state index is -0.695. The molecular formula is C23H41N3O3. The van der Waals surface area contributed by atoms with E-state index in [1.54, 1.807) is 6.92 Å². The van der Waals surface area contributed by atoms with Crippen LogP contribution in [-0.4, -0.2) is 71.1 Å². The van der Waals surface area contributed by atoms with Crippen molar-refractivity contribution in [2.24, 2.45) is 5.92 Å². The summed E-state index contributed by atoms with van der Waals surface area (Å²) >= 11 is 0. The molecular weight excluding hydrogens is 366 g/mol.